The van der Waals surface area contributed by atoms with Crippen LogP contribution in [0.5, 0.6) is 0 Å². The number of amides is 1. The van der Waals surface area contributed by atoms with Crippen LogP contribution in [-0.4, -0.2) is 25.5 Å². The molecule has 0 radical (unpaired) electrons. The molecule has 1 saturated heterocycles. The summed E-state index contributed by atoms with van der Waals surface area (Å²) in [5, 5.41) is 6.32. The monoisotopic (exact) mass is 274 g/mol. The van der Waals surface area contributed by atoms with Gasteiger partial charge in [-0.05, 0) is 31.7 Å². The van der Waals surface area contributed by atoms with Crippen LogP contribution >= 0.6 is 12.4 Å². The van der Waals surface area contributed by atoms with Gasteiger partial charge in [-0.25, -0.2) is 0 Å². The number of hydrogen-bond donors (Lipinski definition) is 2. The third kappa shape index (κ3) is 5.15. The van der Waals surface area contributed by atoms with E-state index >= 15 is 0 Å². The van der Waals surface area contributed by atoms with Crippen molar-refractivity contribution >= 4 is 18.3 Å². The molecule has 0 bridgehead atoms. The van der Waals surface area contributed by atoms with E-state index in [0.29, 0.717) is 0 Å². The Labute approximate surface area is 117 Å². The summed E-state index contributed by atoms with van der Waals surface area (Å²) in [6.07, 6.45) is 10.6. The van der Waals surface area contributed by atoms with Crippen LogP contribution in [0.2, 0.25) is 0 Å². The molecule has 1 unspecified atom stereocenters. The molecule has 1 aliphatic carbocycles. The molecule has 0 spiro atoms. The van der Waals surface area contributed by atoms with Gasteiger partial charge < -0.3 is 10.6 Å². The van der Waals surface area contributed by atoms with Gasteiger partial charge in [-0.2, -0.15) is 0 Å². The van der Waals surface area contributed by atoms with E-state index in [2.05, 4.69) is 10.6 Å². The Hall–Kier alpha value is -0.280. The zero-order valence-electron chi connectivity index (χ0n) is 11.2. The molecule has 0 aromatic carbocycles. The van der Waals surface area contributed by atoms with Gasteiger partial charge in [0.05, 0.1) is 5.92 Å². The van der Waals surface area contributed by atoms with Crippen molar-refractivity contribution in [2.75, 3.05) is 19.6 Å². The summed E-state index contributed by atoms with van der Waals surface area (Å²) in [5.41, 5.74) is 0. The largest absolute Gasteiger partial charge is 0.356 e. The molecule has 2 N–H and O–H groups in total. The van der Waals surface area contributed by atoms with E-state index in [0.717, 1.165) is 38.4 Å². The lowest BCUT2D eigenvalue weighted by Crippen LogP contribution is -2.32. The van der Waals surface area contributed by atoms with Crippen LogP contribution < -0.4 is 10.6 Å². The van der Waals surface area contributed by atoms with Crippen molar-refractivity contribution in [3.05, 3.63) is 0 Å². The smallest absolute Gasteiger partial charge is 0.224 e. The minimum absolute atomic E-state index is 0. The van der Waals surface area contributed by atoms with Crippen LogP contribution in [0.3, 0.4) is 0 Å². The predicted octanol–water partition coefficient (Wildman–Crippen LogP) is 2.49. The van der Waals surface area contributed by atoms with E-state index < -0.39 is 0 Å². The Balaban J connectivity index is 0.00000162. The average Bonchev–Trinajstić information content (AvgIpc) is 2.89. The van der Waals surface area contributed by atoms with Crippen molar-refractivity contribution in [2.45, 2.75) is 51.4 Å². The molecule has 106 valence electrons. The summed E-state index contributed by atoms with van der Waals surface area (Å²) >= 11 is 0. The summed E-state index contributed by atoms with van der Waals surface area (Å²) in [7, 11) is 0. The van der Waals surface area contributed by atoms with Crippen molar-refractivity contribution in [2.24, 2.45) is 11.8 Å². The van der Waals surface area contributed by atoms with Gasteiger partial charge in [0.15, 0.2) is 0 Å². The fourth-order valence-corrected chi connectivity index (χ4v) is 3.10. The van der Waals surface area contributed by atoms with Gasteiger partial charge in [-0.15, -0.1) is 12.4 Å². The van der Waals surface area contributed by atoms with Gasteiger partial charge in [0.1, 0.15) is 0 Å². The van der Waals surface area contributed by atoms with E-state index in [9.17, 15) is 4.79 Å². The van der Waals surface area contributed by atoms with E-state index in [1.54, 1.807) is 0 Å². The fourth-order valence-electron chi connectivity index (χ4n) is 3.10. The van der Waals surface area contributed by atoms with Crippen molar-refractivity contribution in [1.82, 2.24) is 10.6 Å². The van der Waals surface area contributed by atoms with E-state index in [4.69, 9.17) is 0 Å². The molecule has 2 fully saturated rings. The Morgan fingerprint density at radius 1 is 1.17 bits per heavy atom. The molecule has 1 heterocycles. The highest BCUT2D eigenvalue weighted by Crippen LogP contribution is 2.26. The first-order chi connectivity index (χ1) is 8.36. The second-order valence-electron chi connectivity index (χ2n) is 5.63. The zero-order valence-corrected chi connectivity index (χ0v) is 12.1. The molecular weight excluding hydrogens is 248 g/mol. The number of nitrogens with one attached hydrogen (secondary N) is 2. The summed E-state index contributed by atoms with van der Waals surface area (Å²) < 4.78 is 0. The summed E-state index contributed by atoms with van der Waals surface area (Å²) in [5.74, 6) is 1.43. The number of carbonyl (C=O) groups excluding carboxylic acids is 1. The minimum atomic E-state index is 0. The maximum atomic E-state index is 11.7. The molecule has 2 aliphatic rings. The lowest BCUT2D eigenvalue weighted by Gasteiger charge is -2.21. The lowest BCUT2D eigenvalue weighted by atomic mass is 9.86. The molecule has 0 aromatic heterocycles. The quantitative estimate of drug-likeness (QED) is 0.757. The first kappa shape index (κ1) is 15.8. The summed E-state index contributed by atoms with van der Waals surface area (Å²) in [6.45, 7) is 2.75. The Morgan fingerprint density at radius 2 is 1.94 bits per heavy atom. The molecule has 3 nitrogen and oxygen atoms in total. The molecule has 1 saturated carbocycles. The molecule has 0 aromatic rings. The molecule has 1 atom stereocenters. The van der Waals surface area contributed by atoms with Gasteiger partial charge >= 0.3 is 0 Å². The Bertz CT molecular complexity index is 236. The number of hydrogen-bond acceptors (Lipinski definition) is 2. The maximum Gasteiger partial charge on any atom is 0.224 e. The van der Waals surface area contributed by atoms with Crippen molar-refractivity contribution in [3.63, 3.8) is 0 Å². The Kier molecular flexibility index (Phi) is 7.68. The molecule has 18 heavy (non-hydrogen) atoms. The predicted molar refractivity (Wildman–Crippen MR) is 77.0 cm³/mol. The van der Waals surface area contributed by atoms with Gasteiger partial charge in [0.2, 0.25) is 5.91 Å². The third-order valence-electron chi connectivity index (χ3n) is 4.24. The van der Waals surface area contributed by atoms with Gasteiger partial charge in [-0.1, -0.05) is 32.1 Å². The standard InChI is InChI=1S/C14H26N2O.ClH/c17-14(13-8-10-15-11-13)16-9-4-7-12-5-2-1-3-6-12;/h12-13,15H,1-11H2,(H,16,17);1H. The number of rotatable bonds is 5. The van der Waals surface area contributed by atoms with Crippen LogP contribution in [-0.2, 0) is 4.79 Å². The molecule has 2 rings (SSSR count). The van der Waals surface area contributed by atoms with E-state index in [1.165, 1.54) is 38.5 Å². The first-order valence-corrected chi connectivity index (χ1v) is 7.34. The number of halogens is 1. The van der Waals surface area contributed by atoms with Gasteiger partial charge in [-0.3, -0.25) is 4.79 Å². The summed E-state index contributed by atoms with van der Waals surface area (Å²) in [6, 6.07) is 0. The van der Waals surface area contributed by atoms with Crippen molar-refractivity contribution in [3.8, 4) is 0 Å². The second-order valence-corrected chi connectivity index (χ2v) is 5.63. The normalized spacial score (nSPS) is 24.6. The molecule has 1 amide bonds. The van der Waals surface area contributed by atoms with Crippen LogP contribution in [0, 0.1) is 11.8 Å². The van der Waals surface area contributed by atoms with E-state index in [-0.39, 0.29) is 24.2 Å². The van der Waals surface area contributed by atoms with Gasteiger partial charge in [0.25, 0.3) is 0 Å². The topological polar surface area (TPSA) is 41.1 Å². The van der Waals surface area contributed by atoms with Crippen LogP contribution in [0.1, 0.15) is 51.4 Å². The highest BCUT2D eigenvalue weighted by molar-refractivity contribution is 5.85. The minimum Gasteiger partial charge on any atom is -0.356 e. The second kappa shape index (κ2) is 8.76. The third-order valence-corrected chi connectivity index (χ3v) is 4.24. The molecular formula is C14H27ClN2O. The van der Waals surface area contributed by atoms with Crippen LogP contribution in [0.15, 0.2) is 0 Å². The van der Waals surface area contributed by atoms with Crippen LogP contribution in [0.25, 0.3) is 0 Å². The van der Waals surface area contributed by atoms with Crippen molar-refractivity contribution in [1.29, 1.82) is 0 Å². The first-order valence-electron chi connectivity index (χ1n) is 7.34. The fraction of sp³-hybridized carbons (Fsp3) is 0.929. The Morgan fingerprint density at radius 3 is 2.61 bits per heavy atom. The lowest BCUT2D eigenvalue weighted by molar-refractivity contribution is -0.124. The maximum absolute atomic E-state index is 11.7. The summed E-state index contributed by atoms with van der Waals surface area (Å²) in [4.78, 5) is 11.7. The number of carbonyl (C=O) groups is 1. The van der Waals surface area contributed by atoms with Crippen LogP contribution in [0.4, 0.5) is 0 Å². The van der Waals surface area contributed by atoms with Gasteiger partial charge in [0, 0.05) is 13.1 Å². The molecule has 1 aliphatic heterocycles. The SMILES string of the molecule is Cl.O=C(NCCCC1CCCCC1)C1CCNC1. The van der Waals surface area contributed by atoms with Crippen molar-refractivity contribution < 1.29 is 4.79 Å². The molecule has 4 heteroatoms. The highest BCUT2D eigenvalue weighted by atomic mass is 35.5. The van der Waals surface area contributed by atoms with E-state index in [1.807, 2.05) is 0 Å². The average molecular weight is 275 g/mol. The highest BCUT2D eigenvalue weighted by Gasteiger charge is 2.21. The zero-order chi connectivity index (χ0) is 11.9.